The van der Waals surface area contributed by atoms with E-state index in [1.54, 1.807) is 14.2 Å². The molecule has 0 radical (unpaired) electrons. The Labute approximate surface area is 179 Å². The molecule has 0 aliphatic carbocycles. The largest absolute Gasteiger partial charge is 0.494 e. The zero-order valence-electron chi connectivity index (χ0n) is 17.5. The van der Waals surface area contributed by atoms with Crippen molar-refractivity contribution in [2.24, 2.45) is 0 Å². The normalized spacial score (nSPS) is 11.1. The number of aromatic amines is 1. The lowest BCUT2D eigenvalue weighted by Gasteiger charge is -2.07. The van der Waals surface area contributed by atoms with E-state index in [2.05, 4.69) is 25.3 Å². The summed E-state index contributed by atoms with van der Waals surface area (Å²) in [5, 5.41) is 3.30. The Morgan fingerprint density at radius 1 is 0.968 bits per heavy atom. The molecule has 2 aromatic heterocycles. The monoisotopic (exact) mass is 417 g/mol. The Morgan fingerprint density at radius 3 is 2.52 bits per heavy atom. The zero-order chi connectivity index (χ0) is 21.6. The van der Waals surface area contributed by atoms with Gasteiger partial charge in [0, 0.05) is 5.69 Å². The first-order valence-corrected chi connectivity index (χ1v) is 9.81. The standard InChI is InChI=1S/C23H23N5O3/c1-4-31-17-9-7-16(8-10-17)26-22-21-23(25-14-24-22)28-20(27-21)12-6-15-5-11-18(29-2)19(13-15)30-3/h5-14H,4H2,1-3H3,(H2,24,25,26,27,28)/b12-6+. The van der Waals surface area contributed by atoms with E-state index in [-0.39, 0.29) is 0 Å². The van der Waals surface area contributed by atoms with Gasteiger partial charge in [-0.3, -0.25) is 0 Å². The molecule has 2 aromatic carbocycles. The van der Waals surface area contributed by atoms with Crippen LogP contribution >= 0.6 is 0 Å². The molecule has 8 nitrogen and oxygen atoms in total. The van der Waals surface area contributed by atoms with Crippen LogP contribution in [0.1, 0.15) is 18.3 Å². The molecule has 2 heterocycles. The van der Waals surface area contributed by atoms with E-state index in [4.69, 9.17) is 14.2 Å². The predicted molar refractivity (Wildman–Crippen MR) is 121 cm³/mol. The second-order valence-corrected chi connectivity index (χ2v) is 6.57. The Bertz CT molecular complexity index is 1200. The predicted octanol–water partition coefficient (Wildman–Crippen LogP) is 4.68. The van der Waals surface area contributed by atoms with Crippen LogP contribution in [-0.2, 0) is 0 Å². The number of benzene rings is 2. The number of nitrogens with zero attached hydrogens (tertiary/aromatic N) is 3. The molecule has 0 aliphatic rings. The van der Waals surface area contributed by atoms with Gasteiger partial charge in [-0.05, 0) is 55.0 Å². The highest BCUT2D eigenvalue weighted by atomic mass is 16.5. The Kier molecular flexibility index (Phi) is 5.98. The maximum Gasteiger partial charge on any atom is 0.183 e. The van der Waals surface area contributed by atoms with Crippen LogP contribution in [0.2, 0.25) is 0 Å². The summed E-state index contributed by atoms with van der Waals surface area (Å²) in [7, 11) is 3.23. The third-order valence-electron chi connectivity index (χ3n) is 4.58. The average molecular weight is 417 g/mol. The quantitative estimate of drug-likeness (QED) is 0.430. The fourth-order valence-electron chi connectivity index (χ4n) is 3.09. The molecule has 4 aromatic rings. The molecular weight excluding hydrogens is 394 g/mol. The highest BCUT2D eigenvalue weighted by Crippen LogP contribution is 2.28. The topological polar surface area (TPSA) is 94.2 Å². The minimum atomic E-state index is 0.579. The van der Waals surface area contributed by atoms with Gasteiger partial charge in [0.15, 0.2) is 23.0 Å². The molecule has 0 saturated carbocycles. The van der Waals surface area contributed by atoms with Crippen LogP contribution in [0.25, 0.3) is 23.3 Å². The molecule has 0 unspecified atom stereocenters. The molecule has 8 heteroatoms. The number of H-pyrrole nitrogens is 1. The molecule has 31 heavy (non-hydrogen) atoms. The van der Waals surface area contributed by atoms with Gasteiger partial charge in [-0.15, -0.1) is 0 Å². The van der Waals surface area contributed by atoms with Crippen molar-refractivity contribution in [2.45, 2.75) is 6.92 Å². The number of rotatable bonds is 8. The summed E-state index contributed by atoms with van der Waals surface area (Å²) in [6.07, 6.45) is 5.30. The summed E-state index contributed by atoms with van der Waals surface area (Å²) in [4.78, 5) is 16.4. The summed E-state index contributed by atoms with van der Waals surface area (Å²) >= 11 is 0. The van der Waals surface area contributed by atoms with Crippen molar-refractivity contribution in [1.29, 1.82) is 0 Å². The van der Waals surface area contributed by atoms with Crippen molar-refractivity contribution in [3.63, 3.8) is 0 Å². The van der Waals surface area contributed by atoms with Crippen molar-refractivity contribution >= 4 is 34.8 Å². The van der Waals surface area contributed by atoms with Crippen LogP contribution < -0.4 is 19.5 Å². The minimum Gasteiger partial charge on any atom is -0.494 e. The molecule has 158 valence electrons. The van der Waals surface area contributed by atoms with Crippen molar-refractivity contribution in [1.82, 2.24) is 19.9 Å². The van der Waals surface area contributed by atoms with Crippen molar-refractivity contribution in [3.8, 4) is 17.2 Å². The fraction of sp³-hybridized carbons (Fsp3) is 0.174. The lowest BCUT2D eigenvalue weighted by atomic mass is 10.2. The molecule has 0 fully saturated rings. The number of anilines is 2. The van der Waals surface area contributed by atoms with Crippen molar-refractivity contribution in [2.75, 3.05) is 26.1 Å². The molecule has 0 spiro atoms. The van der Waals surface area contributed by atoms with E-state index in [1.807, 2.05) is 61.5 Å². The number of methoxy groups -OCH3 is 2. The average Bonchev–Trinajstić information content (AvgIpc) is 3.23. The number of imidazole rings is 1. The smallest absolute Gasteiger partial charge is 0.183 e. The molecule has 2 N–H and O–H groups in total. The highest BCUT2D eigenvalue weighted by Gasteiger charge is 2.09. The van der Waals surface area contributed by atoms with Crippen LogP contribution in [0.3, 0.4) is 0 Å². The number of aromatic nitrogens is 4. The molecule has 0 amide bonds. The maximum atomic E-state index is 5.48. The first kappa shape index (κ1) is 20.2. The Hall–Kier alpha value is -4.07. The highest BCUT2D eigenvalue weighted by molar-refractivity contribution is 5.86. The van der Waals surface area contributed by atoms with Gasteiger partial charge in [0.1, 0.15) is 23.4 Å². The lowest BCUT2D eigenvalue weighted by Crippen LogP contribution is -1.96. The van der Waals surface area contributed by atoms with Crippen LogP contribution in [0.4, 0.5) is 11.5 Å². The van der Waals surface area contributed by atoms with E-state index >= 15 is 0 Å². The van der Waals surface area contributed by atoms with Crippen LogP contribution in [0.15, 0.2) is 48.8 Å². The second kappa shape index (κ2) is 9.17. The molecular formula is C23H23N5O3. The lowest BCUT2D eigenvalue weighted by molar-refractivity contribution is 0.340. The summed E-state index contributed by atoms with van der Waals surface area (Å²) < 4.78 is 16.1. The van der Waals surface area contributed by atoms with Crippen LogP contribution in [-0.4, -0.2) is 40.8 Å². The van der Waals surface area contributed by atoms with E-state index in [1.165, 1.54) is 6.33 Å². The maximum absolute atomic E-state index is 5.48. The van der Waals surface area contributed by atoms with Gasteiger partial charge in [0.25, 0.3) is 0 Å². The first-order valence-electron chi connectivity index (χ1n) is 9.81. The molecule has 0 atom stereocenters. The SMILES string of the molecule is CCOc1ccc(Nc2ncnc3nc(/C=C/c4ccc(OC)c(OC)c4)[nH]c23)cc1. The molecule has 0 bridgehead atoms. The Morgan fingerprint density at radius 2 is 1.77 bits per heavy atom. The second-order valence-electron chi connectivity index (χ2n) is 6.57. The van der Waals surface area contributed by atoms with Crippen molar-refractivity contribution < 1.29 is 14.2 Å². The molecule has 0 saturated heterocycles. The first-order chi connectivity index (χ1) is 15.2. The van der Waals surface area contributed by atoms with Gasteiger partial charge < -0.3 is 24.5 Å². The van der Waals surface area contributed by atoms with E-state index in [9.17, 15) is 0 Å². The summed E-state index contributed by atoms with van der Waals surface area (Å²) in [5.74, 6) is 3.49. The van der Waals surface area contributed by atoms with Crippen molar-refractivity contribution in [3.05, 3.63) is 60.2 Å². The number of fused-ring (bicyclic) bond motifs is 1. The van der Waals surface area contributed by atoms with Crippen LogP contribution in [0, 0.1) is 0 Å². The molecule has 0 aliphatic heterocycles. The van der Waals surface area contributed by atoms with Crippen LogP contribution in [0.5, 0.6) is 17.2 Å². The molecule has 4 rings (SSSR count). The van der Waals surface area contributed by atoms with Gasteiger partial charge in [0.05, 0.1) is 20.8 Å². The third kappa shape index (κ3) is 4.58. The summed E-state index contributed by atoms with van der Waals surface area (Å²) in [5.41, 5.74) is 3.15. The van der Waals surface area contributed by atoms with Gasteiger partial charge in [-0.25, -0.2) is 15.0 Å². The van der Waals surface area contributed by atoms with Gasteiger partial charge in [0.2, 0.25) is 0 Å². The number of hydrogen-bond donors (Lipinski definition) is 2. The van der Waals surface area contributed by atoms with E-state index in [0.717, 1.165) is 22.5 Å². The third-order valence-corrected chi connectivity index (χ3v) is 4.58. The number of nitrogens with one attached hydrogen (secondary N) is 2. The Balaban J connectivity index is 1.56. The minimum absolute atomic E-state index is 0.579. The fourth-order valence-corrected chi connectivity index (χ4v) is 3.09. The van der Waals surface area contributed by atoms with Gasteiger partial charge in [-0.1, -0.05) is 12.1 Å². The van der Waals surface area contributed by atoms with Gasteiger partial charge >= 0.3 is 0 Å². The zero-order valence-corrected chi connectivity index (χ0v) is 17.5. The van der Waals surface area contributed by atoms with Gasteiger partial charge in [-0.2, -0.15) is 0 Å². The number of hydrogen-bond acceptors (Lipinski definition) is 7. The van der Waals surface area contributed by atoms with E-state index in [0.29, 0.717) is 35.4 Å². The summed E-state index contributed by atoms with van der Waals surface area (Å²) in [6.45, 7) is 2.59. The summed E-state index contributed by atoms with van der Waals surface area (Å²) in [6, 6.07) is 13.4. The number of ether oxygens (including phenoxy) is 3. The van der Waals surface area contributed by atoms with E-state index < -0.39 is 0 Å².